The number of amides is 1. The van der Waals surface area contributed by atoms with Gasteiger partial charge in [-0.3, -0.25) is 14.2 Å². The molecule has 0 saturated carbocycles. The number of benzene rings is 2. The molecule has 0 fully saturated rings. The van der Waals surface area contributed by atoms with Crippen molar-refractivity contribution in [2.75, 3.05) is 12.8 Å². The molecule has 0 atom stereocenters. The first-order valence-corrected chi connectivity index (χ1v) is 11.3. The van der Waals surface area contributed by atoms with Gasteiger partial charge in [0.1, 0.15) is 11.5 Å². The number of aromatic nitrogens is 2. The minimum absolute atomic E-state index is 0.0712. The van der Waals surface area contributed by atoms with Crippen LogP contribution in [0.4, 0.5) is 0 Å². The van der Waals surface area contributed by atoms with Crippen molar-refractivity contribution in [3.63, 3.8) is 0 Å². The second-order valence-electron chi connectivity index (χ2n) is 7.87. The average molecular weight is 448 g/mol. The van der Waals surface area contributed by atoms with Crippen molar-refractivity contribution in [3.05, 3.63) is 87.6 Å². The lowest BCUT2D eigenvalue weighted by molar-refractivity contribution is -0.127. The van der Waals surface area contributed by atoms with Crippen molar-refractivity contribution in [2.24, 2.45) is 0 Å². The van der Waals surface area contributed by atoms with Crippen LogP contribution < -0.4 is 5.56 Å². The zero-order valence-electron chi connectivity index (χ0n) is 18.6. The Bertz CT molecular complexity index is 1360. The Hall–Kier alpha value is -3.32. The molecule has 6 nitrogen and oxygen atoms in total. The molecule has 4 rings (SSSR count). The molecule has 2 heterocycles. The van der Waals surface area contributed by atoms with Gasteiger partial charge in [-0.2, -0.15) is 0 Å². The SMILES string of the molecule is Cc1ccc(CN(C)C(=O)CSc2nc3ccccc3c(=O)n2-c2ccc(C)c(C)c2)o1. The molecule has 0 spiro atoms. The molecule has 2 aromatic heterocycles. The number of hydrogen-bond acceptors (Lipinski definition) is 5. The molecule has 0 aliphatic rings. The van der Waals surface area contributed by atoms with Gasteiger partial charge in [-0.05, 0) is 68.3 Å². The van der Waals surface area contributed by atoms with E-state index < -0.39 is 0 Å². The van der Waals surface area contributed by atoms with Crippen molar-refractivity contribution in [3.8, 4) is 5.69 Å². The number of para-hydroxylation sites is 1. The highest BCUT2D eigenvalue weighted by Crippen LogP contribution is 2.23. The number of carbonyl (C=O) groups excluding carboxylic acids is 1. The summed E-state index contributed by atoms with van der Waals surface area (Å²) in [6.45, 7) is 6.31. The molecule has 0 saturated heterocycles. The van der Waals surface area contributed by atoms with E-state index in [2.05, 4.69) is 0 Å². The number of nitrogens with zero attached hydrogens (tertiary/aromatic N) is 3. The summed E-state index contributed by atoms with van der Waals surface area (Å²) in [5.41, 5.74) is 3.45. The average Bonchev–Trinajstić information content (AvgIpc) is 3.18. The smallest absolute Gasteiger partial charge is 0.266 e. The number of thioether (sulfide) groups is 1. The van der Waals surface area contributed by atoms with Gasteiger partial charge in [-0.15, -0.1) is 0 Å². The largest absolute Gasteiger partial charge is 0.464 e. The van der Waals surface area contributed by atoms with Gasteiger partial charge >= 0.3 is 0 Å². The van der Waals surface area contributed by atoms with Gasteiger partial charge in [0, 0.05) is 7.05 Å². The van der Waals surface area contributed by atoms with Crippen LogP contribution in [-0.4, -0.2) is 33.2 Å². The van der Waals surface area contributed by atoms with Crippen LogP contribution in [-0.2, 0) is 11.3 Å². The number of carbonyl (C=O) groups is 1. The number of hydrogen-bond donors (Lipinski definition) is 0. The molecule has 0 unspecified atom stereocenters. The fraction of sp³-hybridized carbons (Fsp3) is 0.240. The quantitative estimate of drug-likeness (QED) is 0.318. The van der Waals surface area contributed by atoms with Gasteiger partial charge in [0.2, 0.25) is 5.91 Å². The van der Waals surface area contributed by atoms with Gasteiger partial charge in [0.05, 0.1) is 28.9 Å². The van der Waals surface area contributed by atoms with Crippen molar-refractivity contribution in [1.82, 2.24) is 14.5 Å². The lowest BCUT2D eigenvalue weighted by Gasteiger charge is -2.17. The standard InChI is InChI=1S/C25H25N3O3S/c1-16-9-11-19(13-17(16)2)28-24(30)21-7-5-6-8-22(21)26-25(28)32-15-23(29)27(4)14-20-12-10-18(3)31-20/h5-13H,14-15H2,1-4H3. The Morgan fingerprint density at radius 2 is 1.84 bits per heavy atom. The van der Waals surface area contributed by atoms with Gasteiger partial charge in [0.25, 0.3) is 5.56 Å². The predicted molar refractivity (Wildman–Crippen MR) is 127 cm³/mol. The molecular weight excluding hydrogens is 422 g/mol. The number of rotatable bonds is 6. The van der Waals surface area contributed by atoms with Crippen LogP contribution >= 0.6 is 11.8 Å². The molecule has 0 aliphatic carbocycles. The summed E-state index contributed by atoms with van der Waals surface area (Å²) in [7, 11) is 1.74. The van der Waals surface area contributed by atoms with E-state index in [9.17, 15) is 9.59 Å². The molecule has 2 aromatic carbocycles. The Morgan fingerprint density at radius 1 is 1.06 bits per heavy atom. The van der Waals surface area contributed by atoms with Crippen LogP contribution in [0.25, 0.3) is 16.6 Å². The third kappa shape index (κ3) is 4.48. The monoisotopic (exact) mass is 447 g/mol. The molecule has 0 bridgehead atoms. The zero-order chi connectivity index (χ0) is 22.8. The van der Waals surface area contributed by atoms with Crippen LogP contribution in [0.3, 0.4) is 0 Å². The van der Waals surface area contributed by atoms with E-state index in [0.717, 1.165) is 28.3 Å². The molecule has 7 heteroatoms. The second-order valence-corrected chi connectivity index (χ2v) is 8.81. The van der Waals surface area contributed by atoms with E-state index in [1.807, 2.05) is 69.3 Å². The first-order valence-electron chi connectivity index (χ1n) is 10.3. The first kappa shape index (κ1) is 21.9. The maximum atomic E-state index is 13.4. The van der Waals surface area contributed by atoms with Gasteiger partial charge in [-0.1, -0.05) is 30.0 Å². The van der Waals surface area contributed by atoms with E-state index in [-0.39, 0.29) is 17.2 Å². The Labute approximate surface area is 190 Å². The minimum atomic E-state index is -0.145. The molecule has 0 N–H and O–H groups in total. The zero-order valence-corrected chi connectivity index (χ0v) is 19.4. The van der Waals surface area contributed by atoms with Gasteiger partial charge in [-0.25, -0.2) is 4.98 Å². The van der Waals surface area contributed by atoms with Crippen molar-refractivity contribution < 1.29 is 9.21 Å². The van der Waals surface area contributed by atoms with Crippen LogP contribution in [0.1, 0.15) is 22.6 Å². The number of aryl methyl sites for hydroxylation is 3. The lowest BCUT2D eigenvalue weighted by atomic mass is 10.1. The molecule has 4 aromatic rings. The fourth-order valence-corrected chi connectivity index (χ4v) is 4.38. The van der Waals surface area contributed by atoms with Crippen LogP contribution in [0, 0.1) is 20.8 Å². The van der Waals surface area contributed by atoms with Crippen molar-refractivity contribution in [1.29, 1.82) is 0 Å². The summed E-state index contributed by atoms with van der Waals surface area (Å²) in [4.78, 5) is 32.5. The van der Waals surface area contributed by atoms with E-state index in [1.165, 1.54) is 11.8 Å². The maximum absolute atomic E-state index is 13.4. The summed E-state index contributed by atoms with van der Waals surface area (Å²) in [6.07, 6.45) is 0. The predicted octanol–water partition coefficient (Wildman–Crippen LogP) is 4.65. The Kier molecular flexibility index (Phi) is 6.19. The summed E-state index contributed by atoms with van der Waals surface area (Å²) < 4.78 is 7.17. The van der Waals surface area contributed by atoms with E-state index in [0.29, 0.717) is 22.6 Å². The third-order valence-corrected chi connectivity index (χ3v) is 6.36. The highest BCUT2D eigenvalue weighted by Gasteiger charge is 2.17. The Morgan fingerprint density at radius 3 is 2.56 bits per heavy atom. The normalized spacial score (nSPS) is 11.1. The minimum Gasteiger partial charge on any atom is -0.464 e. The summed E-state index contributed by atoms with van der Waals surface area (Å²) in [5, 5.41) is 1.04. The number of fused-ring (bicyclic) bond motifs is 1. The van der Waals surface area contributed by atoms with Crippen molar-refractivity contribution >= 4 is 28.6 Å². The van der Waals surface area contributed by atoms with Crippen LogP contribution in [0.2, 0.25) is 0 Å². The molecule has 0 radical (unpaired) electrons. The van der Waals surface area contributed by atoms with Crippen LogP contribution in [0.5, 0.6) is 0 Å². The summed E-state index contributed by atoms with van der Waals surface area (Å²) >= 11 is 1.26. The highest BCUT2D eigenvalue weighted by molar-refractivity contribution is 7.99. The molecule has 0 aliphatic heterocycles. The number of furan rings is 1. The maximum Gasteiger partial charge on any atom is 0.266 e. The molecule has 164 valence electrons. The van der Waals surface area contributed by atoms with Crippen molar-refractivity contribution in [2.45, 2.75) is 32.5 Å². The van der Waals surface area contributed by atoms with E-state index in [1.54, 1.807) is 22.6 Å². The lowest BCUT2D eigenvalue weighted by Crippen LogP contribution is -2.28. The topological polar surface area (TPSA) is 68.3 Å². The second kappa shape index (κ2) is 9.04. The molecule has 32 heavy (non-hydrogen) atoms. The fourth-order valence-electron chi connectivity index (χ4n) is 3.43. The summed E-state index contributed by atoms with van der Waals surface area (Å²) in [6, 6.07) is 16.9. The molecular formula is C25H25N3O3S. The first-order chi connectivity index (χ1) is 15.3. The Balaban J connectivity index is 1.65. The van der Waals surface area contributed by atoms with E-state index >= 15 is 0 Å². The third-order valence-electron chi connectivity index (χ3n) is 5.43. The molecule has 1 amide bonds. The van der Waals surface area contributed by atoms with Crippen LogP contribution in [0.15, 0.2) is 69.0 Å². The van der Waals surface area contributed by atoms with Gasteiger partial charge < -0.3 is 9.32 Å². The highest BCUT2D eigenvalue weighted by atomic mass is 32.2. The van der Waals surface area contributed by atoms with Gasteiger partial charge in [0.15, 0.2) is 5.16 Å². The summed E-state index contributed by atoms with van der Waals surface area (Å²) in [5.74, 6) is 1.64. The van der Waals surface area contributed by atoms with E-state index in [4.69, 9.17) is 9.40 Å².